The second-order valence-electron chi connectivity index (χ2n) is 5.72. The van der Waals surface area contributed by atoms with Gasteiger partial charge in [0.2, 0.25) is 0 Å². The Labute approximate surface area is 154 Å². The van der Waals surface area contributed by atoms with Crippen LogP contribution in [-0.4, -0.2) is 6.36 Å². The normalized spacial score (nSPS) is 12.1. The number of rotatable bonds is 5. The van der Waals surface area contributed by atoms with Crippen LogP contribution < -0.4 is 4.74 Å². The van der Waals surface area contributed by atoms with Gasteiger partial charge in [0.25, 0.3) is 0 Å². The smallest absolute Gasteiger partial charge is 0.406 e. The van der Waals surface area contributed by atoms with Gasteiger partial charge in [0.05, 0.1) is 0 Å². The second kappa shape index (κ2) is 9.22. The highest BCUT2D eigenvalue weighted by Gasteiger charge is 2.30. The second-order valence-corrected chi connectivity index (χ2v) is 5.72. The highest BCUT2D eigenvalue weighted by molar-refractivity contribution is 5.62. The molecule has 0 bridgehead atoms. The SMILES string of the molecule is CCCCC(F)=C(F)c1ccc(C#Cc2ccc(OC(F)(F)F)cc2)cc1. The molecule has 0 unspecified atom stereocenters. The van der Waals surface area contributed by atoms with Crippen LogP contribution in [0.4, 0.5) is 22.0 Å². The third-order valence-corrected chi connectivity index (χ3v) is 3.57. The summed E-state index contributed by atoms with van der Waals surface area (Å²) in [6, 6.07) is 11.1. The van der Waals surface area contributed by atoms with Crippen LogP contribution in [0.5, 0.6) is 5.75 Å². The minimum Gasteiger partial charge on any atom is -0.406 e. The van der Waals surface area contributed by atoms with E-state index in [0.29, 0.717) is 17.5 Å². The maximum Gasteiger partial charge on any atom is 0.573 e. The lowest BCUT2D eigenvalue weighted by atomic mass is 10.1. The van der Waals surface area contributed by atoms with E-state index in [1.807, 2.05) is 6.92 Å². The molecule has 0 radical (unpaired) electrons. The first-order valence-electron chi connectivity index (χ1n) is 8.31. The fourth-order valence-corrected chi connectivity index (χ4v) is 2.18. The van der Waals surface area contributed by atoms with E-state index in [2.05, 4.69) is 16.6 Å². The first-order valence-corrected chi connectivity index (χ1v) is 8.31. The van der Waals surface area contributed by atoms with Crippen molar-refractivity contribution in [3.05, 3.63) is 71.0 Å². The van der Waals surface area contributed by atoms with Crippen LogP contribution in [0.2, 0.25) is 0 Å². The van der Waals surface area contributed by atoms with Gasteiger partial charge in [-0.3, -0.25) is 0 Å². The Morgan fingerprint density at radius 2 is 1.41 bits per heavy atom. The van der Waals surface area contributed by atoms with E-state index in [1.165, 1.54) is 36.4 Å². The summed E-state index contributed by atoms with van der Waals surface area (Å²) < 4.78 is 67.7. The van der Waals surface area contributed by atoms with E-state index in [1.54, 1.807) is 12.1 Å². The fraction of sp³-hybridized carbons (Fsp3) is 0.238. The molecular formula is C21H17F5O. The number of hydrogen-bond donors (Lipinski definition) is 0. The van der Waals surface area contributed by atoms with Crippen LogP contribution in [0.25, 0.3) is 5.83 Å². The van der Waals surface area contributed by atoms with Crippen molar-refractivity contribution in [2.24, 2.45) is 0 Å². The van der Waals surface area contributed by atoms with Crippen LogP contribution in [0.1, 0.15) is 42.9 Å². The van der Waals surface area contributed by atoms with Crippen molar-refractivity contribution in [1.82, 2.24) is 0 Å². The number of unbranched alkanes of at least 4 members (excludes halogenated alkanes) is 1. The molecule has 1 nitrogen and oxygen atoms in total. The average Bonchev–Trinajstić information content (AvgIpc) is 2.64. The van der Waals surface area contributed by atoms with Gasteiger partial charge in [-0.2, -0.15) is 0 Å². The number of benzene rings is 2. The molecule has 6 heteroatoms. The van der Waals surface area contributed by atoms with E-state index >= 15 is 0 Å². The van der Waals surface area contributed by atoms with E-state index < -0.39 is 18.0 Å². The number of halogens is 5. The van der Waals surface area contributed by atoms with E-state index in [-0.39, 0.29) is 17.7 Å². The van der Waals surface area contributed by atoms with Gasteiger partial charge in [-0.1, -0.05) is 37.3 Å². The Balaban J connectivity index is 2.07. The number of allylic oxidation sites excluding steroid dienone is 1. The zero-order valence-electron chi connectivity index (χ0n) is 14.5. The van der Waals surface area contributed by atoms with Crippen LogP contribution in [0.3, 0.4) is 0 Å². The van der Waals surface area contributed by atoms with Crippen molar-refractivity contribution in [2.45, 2.75) is 32.5 Å². The Morgan fingerprint density at radius 1 is 0.889 bits per heavy atom. The standard InChI is InChI=1S/C21H17F5O/c1-2-3-4-19(22)20(23)17-11-7-15(8-12-17)5-6-16-9-13-18(14-10-16)27-21(24,25)26/h7-14H,2-4H2,1H3. The Hall–Kier alpha value is -2.81. The van der Waals surface area contributed by atoms with E-state index in [4.69, 9.17) is 0 Å². The summed E-state index contributed by atoms with van der Waals surface area (Å²) >= 11 is 0. The van der Waals surface area contributed by atoms with E-state index in [9.17, 15) is 22.0 Å². The largest absolute Gasteiger partial charge is 0.573 e. The molecule has 0 aliphatic carbocycles. The molecule has 0 heterocycles. The molecule has 2 aromatic rings. The molecule has 2 aromatic carbocycles. The predicted molar refractivity (Wildman–Crippen MR) is 94.2 cm³/mol. The van der Waals surface area contributed by atoms with Gasteiger partial charge in [-0.25, -0.2) is 8.78 Å². The van der Waals surface area contributed by atoms with Crippen molar-refractivity contribution in [2.75, 3.05) is 0 Å². The molecule has 0 saturated heterocycles. The van der Waals surface area contributed by atoms with Gasteiger partial charge in [0, 0.05) is 23.1 Å². The first-order chi connectivity index (χ1) is 12.8. The maximum atomic E-state index is 14.0. The molecule has 0 N–H and O–H groups in total. The minimum absolute atomic E-state index is 0.0674. The highest BCUT2D eigenvalue weighted by Crippen LogP contribution is 2.25. The maximum absolute atomic E-state index is 14.0. The molecule has 0 spiro atoms. The molecule has 0 aliphatic heterocycles. The Bertz CT molecular complexity index is 837. The third kappa shape index (κ3) is 6.78. The minimum atomic E-state index is -4.74. The molecule has 0 aliphatic rings. The average molecular weight is 380 g/mol. The van der Waals surface area contributed by atoms with Crippen LogP contribution in [-0.2, 0) is 0 Å². The van der Waals surface area contributed by atoms with Crippen LogP contribution >= 0.6 is 0 Å². The summed E-state index contributed by atoms with van der Waals surface area (Å²) in [4.78, 5) is 0. The van der Waals surface area contributed by atoms with Crippen molar-refractivity contribution in [3.8, 4) is 17.6 Å². The van der Waals surface area contributed by atoms with Crippen LogP contribution in [0.15, 0.2) is 54.4 Å². The number of ether oxygens (including phenoxy) is 1. The molecule has 0 saturated carbocycles. The number of hydrogen-bond acceptors (Lipinski definition) is 1. The van der Waals surface area contributed by atoms with Gasteiger partial charge in [0.15, 0.2) is 5.83 Å². The summed E-state index contributed by atoms with van der Waals surface area (Å²) in [5.41, 5.74) is 1.20. The summed E-state index contributed by atoms with van der Waals surface area (Å²) in [6.45, 7) is 1.90. The Morgan fingerprint density at radius 3 is 1.89 bits per heavy atom. The molecule has 0 atom stereocenters. The lowest BCUT2D eigenvalue weighted by Gasteiger charge is -2.07. The van der Waals surface area contributed by atoms with Crippen molar-refractivity contribution < 1.29 is 26.7 Å². The molecule has 142 valence electrons. The van der Waals surface area contributed by atoms with Crippen molar-refractivity contribution >= 4 is 5.83 Å². The van der Waals surface area contributed by atoms with Gasteiger partial charge in [-0.15, -0.1) is 13.2 Å². The molecule has 0 fully saturated rings. The van der Waals surface area contributed by atoms with Gasteiger partial charge in [0.1, 0.15) is 11.6 Å². The predicted octanol–water partition coefficient (Wildman–Crippen LogP) is 6.78. The quantitative estimate of drug-likeness (QED) is 0.410. The summed E-state index contributed by atoms with van der Waals surface area (Å²) in [7, 11) is 0. The molecule has 0 aromatic heterocycles. The van der Waals surface area contributed by atoms with E-state index in [0.717, 1.165) is 6.42 Å². The summed E-state index contributed by atoms with van der Waals surface area (Å²) in [5.74, 6) is 3.63. The first kappa shape index (κ1) is 20.5. The lowest BCUT2D eigenvalue weighted by molar-refractivity contribution is -0.274. The monoisotopic (exact) mass is 380 g/mol. The third-order valence-electron chi connectivity index (χ3n) is 3.57. The van der Waals surface area contributed by atoms with Gasteiger partial charge >= 0.3 is 6.36 Å². The van der Waals surface area contributed by atoms with Crippen LogP contribution in [0, 0.1) is 11.8 Å². The van der Waals surface area contributed by atoms with Gasteiger partial charge < -0.3 is 4.74 Å². The Kier molecular flexibility index (Phi) is 7.00. The summed E-state index contributed by atoms with van der Waals surface area (Å²) in [5, 5.41) is 0. The van der Waals surface area contributed by atoms with Crippen molar-refractivity contribution in [1.29, 1.82) is 0 Å². The molecule has 0 amide bonds. The van der Waals surface area contributed by atoms with Crippen molar-refractivity contribution in [3.63, 3.8) is 0 Å². The highest BCUT2D eigenvalue weighted by atomic mass is 19.4. The molecular weight excluding hydrogens is 363 g/mol. The van der Waals surface area contributed by atoms with Gasteiger partial charge in [-0.05, 0) is 42.8 Å². The fourth-order valence-electron chi connectivity index (χ4n) is 2.18. The zero-order valence-corrected chi connectivity index (χ0v) is 14.5. The molecule has 2 rings (SSSR count). The number of alkyl halides is 3. The lowest BCUT2D eigenvalue weighted by Crippen LogP contribution is -2.16. The molecule has 27 heavy (non-hydrogen) atoms. The topological polar surface area (TPSA) is 9.23 Å². The summed E-state index contributed by atoms with van der Waals surface area (Å²) in [6.07, 6.45) is -3.32. The zero-order chi connectivity index (χ0) is 19.9.